The number of carbonyl (C=O) groups is 2. The third-order valence-corrected chi connectivity index (χ3v) is 5.47. The number of carboxylic acids is 1. The maximum Gasteiger partial charge on any atom is 0.313 e. The van der Waals surface area contributed by atoms with Gasteiger partial charge in [-0.1, -0.05) is 6.07 Å². The van der Waals surface area contributed by atoms with Crippen LogP contribution in [0.3, 0.4) is 0 Å². The lowest BCUT2D eigenvalue weighted by Gasteiger charge is -2.23. The molecule has 27 heavy (non-hydrogen) atoms. The quantitative estimate of drug-likeness (QED) is 0.782. The number of likely N-dealkylation sites (tertiary alicyclic amines) is 1. The molecule has 8 heteroatoms. The van der Waals surface area contributed by atoms with Crippen LogP contribution in [0, 0.1) is 12.3 Å². The first kappa shape index (κ1) is 19.3. The Kier molecular flexibility index (Phi) is 5.76. The molecule has 7 nitrogen and oxygen atoms in total. The van der Waals surface area contributed by atoms with E-state index in [9.17, 15) is 14.7 Å². The van der Waals surface area contributed by atoms with Crippen molar-refractivity contribution in [2.75, 3.05) is 26.8 Å². The molecule has 1 aromatic heterocycles. The Morgan fingerprint density at radius 1 is 1.41 bits per heavy atom. The third-order valence-electron chi connectivity index (χ3n) is 4.65. The zero-order valence-electron chi connectivity index (χ0n) is 15.3. The molecule has 1 amide bonds. The fraction of sp³-hybridized carbons (Fsp3) is 0.421. The largest absolute Gasteiger partial charge is 0.487 e. The number of ether oxygens (including phenoxy) is 2. The van der Waals surface area contributed by atoms with Gasteiger partial charge >= 0.3 is 5.97 Å². The summed E-state index contributed by atoms with van der Waals surface area (Å²) in [7, 11) is 1.47. The van der Waals surface area contributed by atoms with Crippen LogP contribution in [0.2, 0.25) is 0 Å². The number of thiazole rings is 1. The van der Waals surface area contributed by atoms with E-state index in [4.69, 9.17) is 9.47 Å². The number of nitrogens with zero attached hydrogens (tertiary/aromatic N) is 2. The minimum atomic E-state index is -1.04. The zero-order chi connectivity index (χ0) is 19.4. The van der Waals surface area contributed by atoms with E-state index >= 15 is 0 Å². The molecule has 0 spiro atoms. The predicted molar refractivity (Wildman–Crippen MR) is 100 cm³/mol. The standard InChI is InChI=1S/C19H22N2O5S/c1-13-20-15(10-27-13)9-26-16-5-3-4-14(8-16)17(22)21-7-6-19(11-21,12-25-2)18(23)24/h3-5,8,10H,6-7,9,11-12H2,1-2H3,(H,23,24). The highest BCUT2D eigenvalue weighted by atomic mass is 32.1. The van der Waals surface area contributed by atoms with Crippen LogP contribution in [0.25, 0.3) is 0 Å². The summed E-state index contributed by atoms with van der Waals surface area (Å²) in [6, 6.07) is 6.93. The summed E-state index contributed by atoms with van der Waals surface area (Å²) < 4.78 is 10.8. The van der Waals surface area contributed by atoms with Crippen LogP contribution in [0.1, 0.15) is 27.5 Å². The maximum atomic E-state index is 12.8. The van der Waals surface area contributed by atoms with Crippen molar-refractivity contribution < 1.29 is 24.2 Å². The first-order chi connectivity index (χ1) is 12.9. The van der Waals surface area contributed by atoms with Crippen molar-refractivity contribution >= 4 is 23.2 Å². The molecule has 3 rings (SSSR count). The topological polar surface area (TPSA) is 89.0 Å². The van der Waals surface area contributed by atoms with Crippen molar-refractivity contribution in [1.82, 2.24) is 9.88 Å². The number of rotatable bonds is 7. The van der Waals surface area contributed by atoms with Crippen molar-refractivity contribution in [3.8, 4) is 5.75 Å². The Morgan fingerprint density at radius 3 is 2.89 bits per heavy atom. The highest BCUT2D eigenvalue weighted by Gasteiger charge is 2.46. The molecule has 1 unspecified atom stereocenters. The minimum absolute atomic E-state index is 0.0856. The van der Waals surface area contributed by atoms with Gasteiger partial charge in [0.25, 0.3) is 5.91 Å². The molecule has 1 atom stereocenters. The SMILES string of the molecule is COCC1(C(=O)O)CCN(C(=O)c2cccc(OCc3csc(C)n3)c2)C1. The molecular weight excluding hydrogens is 368 g/mol. The molecule has 1 N–H and O–H groups in total. The van der Waals surface area contributed by atoms with E-state index in [1.165, 1.54) is 7.11 Å². The van der Waals surface area contributed by atoms with Gasteiger partial charge in [0, 0.05) is 31.1 Å². The van der Waals surface area contributed by atoms with E-state index in [1.54, 1.807) is 40.5 Å². The Bertz CT molecular complexity index is 837. The van der Waals surface area contributed by atoms with Crippen molar-refractivity contribution in [1.29, 1.82) is 0 Å². The molecule has 0 radical (unpaired) electrons. The monoisotopic (exact) mass is 390 g/mol. The number of methoxy groups -OCH3 is 1. The molecule has 1 fully saturated rings. The minimum Gasteiger partial charge on any atom is -0.487 e. The van der Waals surface area contributed by atoms with Gasteiger partial charge in [-0.25, -0.2) is 4.98 Å². The summed E-state index contributed by atoms with van der Waals surface area (Å²) in [5, 5.41) is 12.5. The van der Waals surface area contributed by atoms with Crippen LogP contribution >= 0.6 is 11.3 Å². The molecule has 144 valence electrons. The van der Waals surface area contributed by atoms with Crippen LogP contribution in [0.15, 0.2) is 29.6 Å². The van der Waals surface area contributed by atoms with E-state index in [0.717, 1.165) is 10.7 Å². The van der Waals surface area contributed by atoms with Crippen molar-refractivity contribution in [3.05, 3.63) is 45.9 Å². The highest BCUT2D eigenvalue weighted by Crippen LogP contribution is 2.32. The molecule has 2 heterocycles. The number of aryl methyl sites for hydroxylation is 1. The molecule has 1 aromatic carbocycles. The molecule has 1 aliphatic rings. The van der Waals surface area contributed by atoms with E-state index in [-0.39, 0.29) is 19.1 Å². The average Bonchev–Trinajstić information content (AvgIpc) is 3.27. The number of benzene rings is 1. The molecule has 1 saturated heterocycles. The Labute approximate surface area is 161 Å². The van der Waals surface area contributed by atoms with Crippen LogP contribution in [0.4, 0.5) is 0 Å². The fourth-order valence-electron chi connectivity index (χ4n) is 3.21. The highest BCUT2D eigenvalue weighted by molar-refractivity contribution is 7.09. The smallest absolute Gasteiger partial charge is 0.313 e. The van der Waals surface area contributed by atoms with E-state index in [2.05, 4.69) is 4.98 Å². The summed E-state index contributed by atoms with van der Waals surface area (Å²) in [6.45, 7) is 2.88. The second-order valence-corrected chi connectivity index (χ2v) is 7.73. The van der Waals surface area contributed by atoms with Gasteiger partial charge in [0.1, 0.15) is 17.8 Å². The van der Waals surface area contributed by atoms with Gasteiger partial charge in [-0.3, -0.25) is 9.59 Å². The van der Waals surface area contributed by atoms with Crippen molar-refractivity contribution in [2.24, 2.45) is 5.41 Å². The summed E-state index contributed by atoms with van der Waals surface area (Å²) in [4.78, 5) is 30.4. The van der Waals surface area contributed by atoms with Gasteiger partial charge in [0.05, 0.1) is 17.3 Å². The molecule has 0 bridgehead atoms. The number of hydrogen-bond acceptors (Lipinski definition) is 6. The first-order valence-corrected chi connectivity index (χ1v) is 9.47. The molecule has 0 aliphatic carbocycles. The summed E-state index contributed by atoms with van der Waals surface area (Å²) in [6.07, 6.45) is 0.376. The summed E-state index contributed by atoms with van der Waals surface area (Å²) in [5.74, 6) is -0.563. The Hall–Kier alpha value is -2.45. The molecular formula is C19H22N2O5S. The van der Waals surface area contributed by atoms with Gasteiger partial charge in [0.15, 0.2) is 0 Å². The van der Waals surface area contributed by atoms with Crippen LogP contribution < -0.4 is 4.74 Å². The van der Waals surface area contributed by atoms with Gasteiger partial charge < -0.3 is 19.5 Å². The predicted octanol–water partition coefficient (Wildman–Crippen LogP) is 2.59. The number of carbonyl (C=O) groups excluding carboxylic acids is 1. The lowest BCUT2D eigenvalue weighted by atomic mass is 9.88. The lowest BCUT2D eigenvalue weighted by molar-refractivity contribution is -0.151. The second-order valence-electron chi connectivity index (χ2n) is 6.67. The van der Waals surface area contributed by atoms with Gasteiger partial charge in [-0.15, -0.1) is 11.3 Å². The van der Waals surface area contributed by atoms with Crippen LogP contribution in [0.5, 0.6) is 5.75 Å². The van der Waals surface area contributed by atoms with E-state index in [0.29, 0.717) is 30.9 Å². The van der Waals surface area contributed by atoms with Crippen molar-refractivity contribution in [2.45, 2.75) is 20.0 Å². The zero-order valence-corrected chi connectivity index (χ0v) is 16.1. The third kappa shape index (κ3) is 4.28. The molecule has 1 aliphatic heterocycles. The maximum absolute atomic E-state index is 12.8. The number of hydrogen-bond donors (Lipinski definition) is 1. The second kappa shape index (κ2) is 8.06. The Morgan fingerprint density at radius 2 is 2.22 bits per heavy atom. The lowest BCUT2D eigenvalue weighted by Crippen LogP contribution is -2.40. The fourth-order valence-corrected chi connectivity index (χ4v) is 3.81. The molecule has 0 saturated carbocycles. The van der Waals surface area contributed by atoms with Crippen molar-refractivity contribution in [3.63, 3.8) is 0 Å². The van der Waals surface area contributed by atoms with Crippen LogP contribution in [-0.2, 0) is 16.1 Å². The summed E-state index contributed by atoms with van der Waals surface area (Å²) >= 11 is 1.56. The van der Waals surface area contributed by atoms with Crippen LogP contribution in [-0.4, -0.2) is 53.7 Å². The normalized spacial score (nSPS) is 19.3. The molecule has 2 aromatic rings. The number of amides is 1. The van der Waals surface area contributed by atoms with Gasteiger partial charge in [0.2, 0.25) is 0 Å². The van der Waals surface area contributed by atoms with Gasteiger partial charge in [-0.2, -0.15) is 0 Å². The summed E-state index contributed by atoms with van der Waals surface area (Å²) in [5.41, 5.74) is 0.279. The number of aliphatic carboxylic acids is 1. The Balaban J connectivity index is 1.67. The first-order valence-electron chi connectivity index (χ1n) is 8.59. The average molecular weight is 390 g/mol. The van der Waals surface area contributed by atoms with E-state index in [1.807, 2.05) is 12.3 Å². The van der Waals surface area contributed by atoms with E-state index < -0.39 is 11.4 Å². The number of aromatic nitrogens is 1. The van der Waals surface area contributed by atoms with Gasteiger partial charge in [-0.05, 0) is 31.5 Å². The number of carboxylic acid groups (broad SMARTS) is 1.